The average Bonchev–Trinajstić information content (AvgIpc) is 2.91. The molecule has 1 amide bonds. The fourth-order valence-corrected chi connectivity index (χ4v) is 4.52. The van der Waals surface area contributed by atoms with E-state index in [1.165, 1.54) is 0 Å². The van der Waals surface area contributed by atoms with Crippen LogP contribution in [0, 0.1) is 0 Å². The van der Waals surface area contributed by atoms with E-state index >= 15 is 0 Å². The number of methoxy groups -OCH3 is 1. The van der Waals surface area contributed by atoms with Gasteiger partial charge in [-0.25, -0.2) is 8.42 Å². The highest BCUT2D eigenvalue weighted by atomic mass is 32.2. The minimum atomic E-state index is -2.89. The lowest BCUT2D eigenvalue weighted by Gasteiger charge is -2.22. The quantitative estimate of drug-likeness (QED) is 0.795. The summed E-state index contributed by atoms with van der Waals surface area (Å²) in [5.41, 5.74) is 0.929. The Kier molecular flexibility index (Phi) is 6.01. The molecule has 0 aromatic heterocycles. The van der Waals surface area contributed by atoms with Gasteiger partial charge in [-0.2, -0.15) is 0 Å². The molecule has 0 aliphatic carbocycles. The van der Waals surface area contributed by atoms with Crippen molar-refractivity contribution in [3.63, 3.8) is 0 Å². The first-order chi connectivity index (χ1) is 10.9. The summed E-state index contributed by atoms with van der Waals surface area (Å²) in [4.78, 5) is 13.9. The third-order valence-corrected chi connectivity index (χ3v) is 5.94. The number of hydrogen-bond acceptors (Lipinski definition) is 5. The lowest BCUT2D eigenvalue weighted by Crippen LogP contribution is -2.36. The molecule has 23 heavy (non-hydrogen) atoms. The molecule has 0 radical (unpaired) electrons. The second kappa shape index (κ2) is 7.79. The van der Waals surface area contributed by atoms with Crippen LogP contribution in [0.4, 0.5) is 0 Å². The zero-order valence-corrected chi connectivity index (χ0v) is 14.4. The number of ether oxygens (including phenoxy) is 1. The van der Waals surface area contributed by atoms with Crippen LogP contribution in [0.5, 0.6) is 5.75 Å². The summed E-state index contributed by atoms with van der Waals surface area (Å²) in [5, 5.41) is 2.87. The average molecular weight is 340 g/mol. The standard InChI is InChI=1S/C16H24N2O4S/c1-18(14-8-10-23(20,21)12-14)9-7-16(19)17-11-13-5-3-4-6-15(13)22-2/h3-6,14H,7-12H2,1-2H3,(H,17,19). The Morgan fingerprint density at radius 2 is 2.13 bits per heavy atom. The molecule has 2 rings (SSSR count). The van der Waals surface area contributed by atoms with E-state index in [4.69, 9.17) is 4.74 Å². The normalized spacial score (nSPS) is 19.7. The Labute approximate surface area is 137 Å². The van der Waals surface area contributed by atoms with Crippen LogP contribution in [-0.2, 0) is 21.2 Å². The number of carbonyl (C=O) groups excluding carboxylic acids is 1. The minimum Gasteiger partial charge on any atom is -0.496 e. The highest BCUT2D eigenvalue weighted by molar-refractivity contribution is 7.91. The van der Waals surface area contributed by atoms with Crippen molar-refractivity contribution in [1.29, 1.82) is 0 Å². The highest BCUT2D eigenvalue weighted by Crippen LogP contribution is 2.17. The van der Waals surface area contributed by atoms with Crippen LogP contribution in [-0.4, -0.2) is 57.5 Å². The van der Waals surface area contributed by atoms with Gasteiger partial charge in [0.25, 0.3) is 0 Å². The lowest BCUT2D eigenvalue weighted by atomic mass is 10.2. The van der Waals surface area contributed by atoms with Crippen molar-refractivity contribution in [1.82, 2.24) is 10.2 Å². The SMILES string of the molecule is COc1ccccc1CNC(=O)CCN(C)C1CCS(=O)(=O)C1. The number of sulfone groups is 1. The molecule has 0 spiro atoms. The highest BCUT2D eigenvalue weighted by Gasteiger charge is 2.30. The maximum atomic E-state index is 12.0. The van der Waals surface area contributed by atoms with E-state index in [0.717, 1.165) is 11.3 Å². The molecule has 6 nitrogen and oxygen atoms in total. The number of hydrogen-bond donors (Lipinski definition) is 1. The summed E-state index contributed by atoms with van der Waals surface area (Å²) >= 11 is 0. The number of amides is 1. The molecule has 0 saturated carbocycles. The van der Waals surface area contributed by atoms with E-state index in [0.29, 0.717) is 25.9 Å². The summed E-state index contributed by atoms with van der Waals surface area (Å²) in [6.07, 6.45) is 1.00. The molecule has 1 heterocycles. The minimum absolute atomic E-state index is 0.0296. The molecule has 1 unspecified atom stereocenters. The van der Waals surface area contributed by atoms with Crippen LogP contribution < -0.4 is 10.1 Å². The number of para-hydroxylation sites is 1. The smallest absolute Gasteiger partial charge is 0.221 e. The van der Waals surface area contributed by atoms with Gasteiger partial charge in [0.15, 0.2) is 9.84 Å². The van der Waals surface area contributed by atoms with Gasteiger partial charge in [-0.05, 0) is 19.5 Å². The van der Waals surface area contributed by atoms with E-state index in [1.54, 1.807) is 7.11 Å². The molecule has 1 aliphatic rings. The predicted octanol–water partition coefficient (Wildman–Crippen LogP) is 0.820. The van der Waals surface area contributed by atoms with E-state index in [9.17, 15) is 13.2 Å². The fourth-order valence-electron chi connectivity index (χ4n) is 2.71. The summed E-state index contributed by atoms with van der Waals surface area (Å²) in [5.74, 6) is 1.15. The Morgan fingerprint density at radius 3 is 2.78 bits per heavy atom. The first-order valence-corrected chi connectivity index (χ1v) is 9.52. The van der Waals surface area contributed by atoms with Gasteiger partial charge in [-0.3, -0.25) is 4.79 Å². The van der Waals surface area contributed by atoms with Crippen molar-refractivity contribution in [3.8, 4) is 5.75 Å². The van der Waals surface area contributed by atoms with Crippen molar-refractivity contribution in [2.45, 2.75) is 25.4 Å². The van der Waals surface area contributed by atoms with E-state index in [1.807, 2.05) is 36.2 Å². The fraction of sp³-hybridized carbons (Fsp3) is 0.562. The Bertz CT molecular complexity index is 645. The van der Waals surface area contributed by atoms with Gasteiger partial charge >= 0.3 is 0 Å². The van der Waals surface area contributed by atoms with Crippen LogP contribution >= 0.6 is 0 Å². The zero-order valence-electron chi connectivity index (χ0n) is 13.6. The first-order valence-electron chi connectivity index (χ1n) is 7.70. The van der Waals surface area contributed by atoms with Crippen molar-refractivity contribution in [2.75, 3.05) is 32.2 Å². The summed E-state index contributed by atoms with van der Waals surface area (Å²) in [6.45, 7) is 0.975. The number of nitrogens with zero attached hydrogens (tertiary/aromatic N) is 1. The summed E-state index contributed by atoms with van der Waals surface area (Å²) in [7, 11) is 0.587. The summed E-state index contributed by atoms with van der Waals surface area (Å²) < 4.78 is 28.2. The number of carbonyl (C=O) groups is 1. The molecule has 1 atom stereocenters. The second-order valence-corrected chi connectivity index (χ2v) is 8.10. The Morgan fingerprint density at radius 1 is 1.39 bits per heavy atom. The number of rotatable bonds is 7. The Hall–Kier alpha value is -1.60. The molecule has 1 aromatic rings. The molecule has 0 bridgehead atoms. The molecular formula is C16H24N2O4S. The van der Waals surface area contributed by atoms with E-state index < -0.39 is 9.84 Å². The topological polar surface area (TPSA) is 75.7 Å². The third kappa shape index (κ3) is 5.21. The van der Waals surface area contributed by atoms with Crippen LogP contribution in [0.1, 0.15) is 18.4 Å². The van der Waals surface area contributed by atoms with Crippen molar-refractivity contribution < 1.29 is 17.9 Å². The lowest BCUT2D eigenvalue weighted by molar-refractivity contribution is -0.121. The van der Waals surface area contributed by atoms with Crippen LogP contribution in [0.2, 0.25) is 0 Å². The third-order valence-electron chi connectivity index (χ3n) is 4.19. The molecule has 1 aromatic carbocycles. The van der Waals surface area contributed by atoms with Crippen molar-refractivity contribution >= 4 is 15.7 Å². The first kappa shape index (κ1) is 17.7. The molecule has 1 saturated heterocycles. The summed E-state index contributed by atoms with van der Waals surface area (Å²) in [6, 6.07) is 7.58. The molecule has 1 fully saturated rings. The maximum Gasteiger partial charge on any atom is 0.221 e. The van der Waals surface area contributed by atoms with Gasteiger partial charge in [0.1, 0.15) is 5.75 Å². The van der Waals surface area contributed by atoms with Crippen LogP contribution in [0.25, 0.3) is 0 Å². The number of benzene rings is 1. The maximum absolute atomic E-state index is 12.0. The molecule has 128 valence electrons. The van der Waals surface area contributed by atoms with Crippen LogP contribution in [0.15, 0.2) is 24.3 Å². The van der Waals surface area contributed by atoms with Crippen LogP contribution in [0.3, 0.4) is 0 Å². The van der Waals surface area contributed by atoms with Gasteiger partial charge in [-0.15, -0.1) is 0 Å². The van der Waals surface area contributed by atoms with Crippen molar-refractivity contribution in [2.24, 2.45) is 0 Å². The predicted molar refractivity (Wildman–Crippen MR) is 89.1 cm³/mol. The zero-order chi connectivity index (χ0) is 16.9. The molecule has 1 N–H and O–H groups in total. The molecule has 1 aliphatic heterocycles. The largest absolute Gasteiger partial charge is 0.496 e. The Balaban J connectivity index is 1.75. The number of nitrogens with one attached hydrogen (secondary N) is 1. The van der Waals surface area contributed by atoms with E-state index in [-0.39, 0.29) is 23.5 Å². The monoisotopic (exact) mass is 340 g/mol. The van der Waals surface area contributed by atoms with Gasteiger partial charge in [-0.1, -0.05) is 18.2 Å². The molecule has 7 heteroatoms. The van der Waals surface area contributed by atoms with Crippen molar-refractivity contribution in [3.05, 3.63) is 29.8 Å². The van der Waals surface area contributed by atoms with Gasteiger partial charge in [0.2, 0.25) is 5.91 Å². The van der Waals surface area contributed by atoms with Gasteiger partial charge in [0, 0.05) is 31.1 Å². The van der Waals surface area contributed by atoms with Gasteiger partial charge < -0.3 is 15.0 Å². The van der Waals surface area contributed by atoms with Gasteiger partial charge in [0.05, 0.1) is 18.6 Å². The van der Waals surface area contributed by atoms with E-state index in [2.05, 4.69) is 5.32 Å². The second-order valence-electron chi connectivity index (χ2n) is 5.88. The molecular weight excluding hydrogens is 316 g/mol.